The molecule has 0 radical (unpaired) electrons. The Morgan fingerprint density at radius 1 is 1.50 bits per heavy atom. The van der Waals surface area contributed by atoms with E-state index in [9.17, 15) is 4.39 Å². The fourth-order valence-corrected chi connectivity index (χ4v) is 1.02. The van der Waals surface area contributed by atoms with Gasteiger partial charge in [0, 0.05) is 6.07 Å². The highest BCUT2D eigenvalue weighted by atomic mass is 19.1. The van der Waals surface area contributed by atoms with Crippen molar-refractivity contribution in [2.75, 3.05) is 7.11 Å². The molecule has 0 heterocycles. The Bertz CT molecular complexity index is 259. The summed E-state index contributed by atoms with van der Waals surface area (Å²) >= 11 is 0. The summed E-state index contributed by atoms with van der Waals surface area (Å²) in [6.45, 7) is 1.84. The van der Waals surface area contributed by atoms with Crippen molar-refractivity contribution in [1.82, 2.24) is 0 Å². The van der Waals surface area contributed by atoms with Crippen molar-refractivity contribution in [3.63, 3.8) is 0 Å². The first-order chi connectivity index (χ1) is 5.69. The summed E-state index contributed by atoms with van der Waals surface area (Å²) < 4.78 is 17.8. The lowest BCUT2D eigenvalue weighted by Gasteiger charge is -2.05. The zero-order chi connectivity index (χ0) is 9.14. The zero-order valence-electron chi connectivity index (χ0n) is 7.10. The van der Waals surface area contributed by atoms with Gasteiger partial charge in [0.15, 0.2) is 11.5 Å². The maximum atomic E-state index is 13.0. The van der Waals surface area contributed by atoms with Crippen LogP contribution in [0.5, 0.6) is 11.5 Å². The number of hydrogen-bond donors (Lipinski definition) is 1. The molecule has 0 aromatic heterocycles. The van der Waals surface area contributed by atoms with Crippen LogP contribution >= 0.6 is 0 Å². The maximum absolute atomic E-state index is 13.0. The lowest BCUT2D eigenvalue weighted by molar-refractivity contribution is 0.370. The summed E-state index contributed by atoms with van der Waals surface area (Å²) in [4.78, 5) is 0. The minimum Gasteiger partial charge on any atom is -0.504 e. The Kier molecular flexibility index (Phi) is 2.53. The van der Waals surface area contributed by atoms with Gasteiger partial charge in [0.25, 0.3) is 0 Å². The number of methoxy groups -OCH3 is 1. The van der Waals surface area contributed by atoms with Gasteiger partial charge >= 0.3 is 0 Å². The maximum Gasteiger partial charge on any atom is 0.160 e. The van der Waals surface area contributed by atoms with Gasteiger partial charge in [-0.05, 0) is 18.1 Å². The number of phenolic OH excluding ortho intramolecular Hbond substituents is 1. The fraction of sp³-hybridized carbons (Fsp3) is 0.333. The number of hydrogen-bond acceptors (Lipinski definition) is 2. The molecule has 3 heteroatoms. The Hall–Kier alpha value is -1.25. The zero-order valence-corrected chi connectivity index (χ0v) is 7.10. The molecule has 0 saturated heterocycles. The van der Waals surface area contributed by atoms with Crippen molar-refractivity contribution < 1.29 is 14.2 Å². The minimum absolute atomic E-state index is 0.160. The van der Waals surface area contributed by atoms with E-state index in [0.29, 0.717) is 17.7 Å². The molecule has 0 aliphatic heterocycles. The van der Waals surface area contributed by atoms with E-state index in [-0.39, 0.29) is 5.75 Å². The summed E-state index contributed by atoms with van der Waals surface area (Å²) in [6.07, 6.45) is 0.586. The van der Waals surface area contributed by atoms with E-state index < -0.39 is 5.82 Å². The number of ether oxygens (including phenoxy) is 1. The van der Waals surface area contributed by atoms with Gasteiger partial charge in [0.05, 0.1) is 7.11 Å². The lowest BCUT2D eigenvalue weighted by atomic mass is 10.1. The van der Waals surface area contributed by atoms with Gasteiger partial charge < -0.3 is 9.84 Å². The van der Waals surface area contributed by atoms with E-state index in [1.165, 1.54) is 13.2 Å². The van der Waals surface area contributed by atoms with E-state index >= 15 is 0 Å². The molecule has 0 bridgehead atoms. The molecule has 0 unspecified atom stereocenters. The largest absolute Gasteiger partial charge is 0.504 e. The first-order valence-corrected chi connectivity index (χ1v) is 3.74. The number of benzene rings is 1. The Morgan fingerprint density at radius 2 is 2.17 bits per heavy atom. The topological polar surface area (TPSA) is 29.5 Å². The third-order valence-corrected chi connectivity index (χ3v) is 1.73. The van der Waals surface area contributed by atoms with Gasteiger partial charge in [0.1, 0.15) is 5.82 Å². The predicted octanol–water partition coefficient (Wildman–Crippen LogP) is 2.10. The molecule has 0 spiro atoms. The van der Waals surface area contributed by atoms with Gasteiger partial charge in [-0.25, -0.2) is 4.39 Å². The lowest BCUT2D eigenvalue weighted by Crippen LogP contribution is -1.91. The van der Waals surface area contributed by atoms with E-state index in [1.54, 1.807) is 0 Å². The van der Waals surface area contributed by atoms with Crippen LogP contribution in [-0.4, -0.2) is 12.2 Å². The van der Waals surface area contributed by atoms with Crippen molar-refractivity contribution in [3.05, 3.63) is 23.5 Å². The third kappa shape index (κ3) is 1.49. The van der Waals surface area contributed by atoms with Gasteiger partial charge in [-0.15, -0.1) is 0 Å². The second-order valence-corrected chi connectivity index (χ2v) is 2.47. The SMILES string of the molecule is CCc1cc(OC)c(O)cc1F. The van der Waals surface area contributed by atoms with Crippen LogP contribution in [0.4, 0.5) is 4.39 Å². The van der Waals surface area contributed by atoms with Crippen molar-refractivity contribution >= 4 is 0 Å². The second-order valence-electron chi connectivity index (χ2n) is 2.47. The van der Waals surface area contributed by atoms with Crippen LogP contribution in [-0.2, 0) is 6.42 Å². The first kappa shape index (κ1) is 8.84. The predicted molar refractivity (Wildman–Crippen MR) is 44.0 cm³/mol. The van der Waals surface area contributed by atoms with Crippen molar-refractivity contribution in [1.29, 1.82) is 0 Å². The highest BCUT2D eigenvalue weighted by Gasteiger charge is 2.07. The number of aryl methyl sites for hydroxylation is 1. The quantitative estimate of drug-likeness (QED) is 0.736. The molecule has 1 aromatic rings. The first-order valence-electron chi connectivity index (χ1n) is 3.74. The van der Waals surface area contributed by atoms with Crippen LogP contribution in [0.1, 0.15) is 12.5 Å². The Morgan fingerprint density at radius 3 is 2.67 bits per heavy atom. The molecule has 0 atom stereocenters. The van der Waals surface area contributed by atoms with Crippen molar-refractivity contribution in [3.8, 4) is 11.5 Å². The van der Waals surface area contributed by atoms with Gasteiger partial charge in [-0.1, -0.05) is 6.92 Å². The number of aromatic hydroxyl groups is 1. The van der Waals surface area contributed by atoms with Crippen LogP contribution in [0.2, 0.25) is 0 Å². The number of phenols is 1. The van der Waals surface area contributed by atoms with Crippen LogP contribution in [0.3, 0.4) is 0 Å². The van der Waals surface area contributed by atoms with Crippen LogP contribution in [0.15, 0.2) is 12.1 Å². The van der Waals surface area contributed by atoms with Crippen LogP contribution in [0.25, 0.3) is 0 Å². The molecule has 1 rings (SSSR count). The van der Waals surface area contributed by atoms with E-state index in [4.69, 9.17) is 9.84 Å². The molecule has 0 saturated carbocycles. The summed E-state index contributed by atoms with van der Waals surface area (Å²) in [5.41, 5.74) is 0.546. The van der Waals surface area contributed by atoms with Crippen molar-refractivity contribution in [2.45, 2.75) is 13.3 Å². The van der Waals surface area contributed by atoms with Crippen molar-refractivity contribution in [2.24, 2.45) is 0 Å². The van der Waals surface area contributed by atoms with Crippen LogP contribution < -0.4 is 4.74 Å². The van der Waals surface area contributed by atoms with Crippen LogP contribution in [0, 0.1) is 5.82 Å². The highest BCUT2D eigenvalue weighted by molar-refractivity contribution is 5.42. The number of rotatable bonds is 2. The molecule has 0 aliphatic carbocycles. The van der Waals surface area contributed by atoms with Gasteiger partial charge in [-0.2, -0.15) is 0 Å². The number of halogens is 1. The Labute approximate surface area is 70.6 Å². The smallest absolute Gasteiger partial charge is 0.160 e. The summed E-state index contributed by atoms with van der Waals surface area (Å²) in [7, 11) is 1.44. The molecule has 1 N–H and O–H groups in total. The molecule has 0 aliphatic rings. The van der Waals surface area contributed by atoms with E-state index in [0.717, 1.165) is 6.07 Å². The Balaban J connectivity index is 3.18. The molecule has 66 valence electrons. The molecule has 0 fully saturated rings. The van der Waals surface area contributed by atoms with E-state index in [2.05, 4.69) is 0 Å². The molecule has 12 heavy (non-hydrogen) atoms. The highest BCUT2D eigenvalue weighted by Crippen LogP contribution is 2.28. The molecule has 2 nitrogen and oxygen atoms in total. The monoisotopic (exact) mass is 170 g/mol. The summed E-state index contributed by atoms with van der Waals surface area (Å²) in [6, 6.07) is 2.57. The second kappa shape index (κ2) is 3.43. The van der Waals surface area contributed by atoms with E-state index in [1.807, 2.05) is 6.92 Å². The average Bonchev–Trinajstić information content (AvgIpc) is 2.05. The van der Waals surface area contributed by atoms with Gasteiger partial charge in [-0.3, -0.25) is 0 Å². The molecular formula is C9H11FO2. The normalized spacial score (nSPS) is 9.92. The minimum atomic E-state index is -0.393. The fourth-order valence-electron chi connectivity index (χ4n) is 1.02. The van der Waals surface area contributed by atoms with Gasteiger partial charge in [0.2, 0.25) is 0 Å². The molecule has 0 amide bonds. The summed E-state index contributed by atoms with van der Waals surface area (Å²) in [5.74, 6) is -0.240. The summed E-state index contributed by atoms with van der Waals surface area (Å²) in [5, 5.41) is 9.15. The molecule has 1 aromatic carbocycles. The standard InChI is InChI=1S/C9H11FO2/c1-3-6-4-9(12-2)8(11)5-7(6)10/h4-5,11H,3H2,1-2H3. The average molecular weight is 170 g/mol. The molecular weight excluding hydrogens is 159 g/mol. The third-order valence-electron chi connectivity index (χ3n) is 1.73.